The van der Waals surface area contributed by atoms with Crippen molar-refractivity contribution in [1.82, 2.24) is 19.1 Å². The molecule has 0 amide bonds. The molecule has 2 heterocycles. The third-order valence-electron chi connectivity index (χ3n) is 9.63. The second-order valence-corrected chi connectivity index (χ2v) is 14.4. The Labute approximate surface area is 381 Å². The molecule has 0 saturated carbocycles. The average Bonchev–Trinajstić information content (AvgIpc) is 3.10. The number of nitrogens with zero attached hydrogens (tertiary/aromatic N) is 4. The van der Waals surface area contributed by atoms with Crippen molar-refractivity contribution in [1.29, 1.82) is 0 Å². The number of aromatic hydroxyl groups is 1. The first-order chi connectivity index (χ1) is 23.9. The molecule has 312 valence electrons. The van der Waals surface area contributed by atoms with Crippen LogP contribution < -0.4 is 58.8 Å². The normalized spacial score (nSPS) is 11.2. The molecule has 0 atom stereocenters. The number of rotatable bonds is 10. The molecule has 11 heteroatoms. The van der Waals surface area contributed by atoms with E-state index in [2.05, 4.69) is 134 Å². The van der Waals surface area contributed by atoms with E-state index in [4.69, 9.17) is 9.97 Å². The van der Waals surface area contributed by atoms with Crippen LogP contribution in [0.15, 0.2) is 85.2 Å². The summed E-state index contributed by atoms with van der Waals surface area (Å²) in [6, 6.07) is 25.2. The maximum atomic E-state index is 11.4. The fourth-order valence-corrected chi connectivity index (χ4v) is 7.03. The molecule has 0 aliphatic rings. The van der Waals surface area contributed by atoms with Crippen molar-refractivity contribution in [2.45, 2.75) is 99.8 Å². The van der Waals surface area contributed by atoms with Gasteiger partial charge in [-0.1, -0.05) is 67.5 Å². The van der Waals surface area contributed by atoms with Crippen LogP contribution in [0.2, 0.25) is 0 Å². The molecule has 0 bridgehead atoms. The molecule has 0 fully saturated rings. The van der Waals surface area contributed by atoms with Crippen molar-refractivity contribution in [3.63, 3.8) is 0 Å². The standard InChI is InChI=1S/C45H53N4O.4ClH.2Cu/c1-12-48(42-18-14-16-20-46-42)44-36(28(3)4)22-33(23-37(44)29(5)6)40-26-35(50)27-41(32(40)11)34-24-38(30(7)8)45(39(25-34)31(9)10)49(13-2)43-19-15-17-21-47-43;;;;;;/h12-31H,1-11H3;4*1H;;/q+1;;;;;;/p-3. The molecule has 3 aromatic carbocycles. The number of pyridine rings is 2. The monoisotopic (exact) mass is 932 g/mol. The van der Waals surface area contributed by atoms with Crippen molar-refractivity contribution in [2.24, 2.45) is 0 Å². The van der Waals surface area contributed by atoms with Gasteiger partial charge in [0.1, 0.15) is 29.5 Å². The van der Waals surface area contributed by atoms with Crippen LogP contribution in [0.4, 0.5) is 23.0 Å². The van der Waals surface area contributed by atoms with Crippen LogP contribution in [0.5, 0.6) is 5.75 Å². The second kappa shape index (κ2) is 24.3. The van der Waals surface area contributed by atoms with Crippen LogP contribution in [-0.2, 0) is 34.1 Å². The molecule has 0 unspecified atom stereocenters. The van der Waals surface area contributed by atoms with Gasteiger partial charge in [-0.25, -0.2) is 9.15 Å². The number of phenols is 1. The van der Waals surface area contributed by atoms with Crippen LogP contribution in [0, 0.1) is 6.92 Å². The van der Waals surface area contributed by atoms with E-state index in [0.29, 0.717) is 0 Å². The van der Waals surface area contributed by atoms with Gasteiger partial charge in [-0.2, -0.15) is 0 Å². The molecule has 5 rings (SSSR count). The first kappa shape index (κ1) is 55.4. The third-order valence-corrected chi connectivity index (χ3v) is 9.63. The van der Waals surface area contributed by atoms with Gasteiger partial charge >= 0.3 is 11.6 Å². The maximum absolute atomic E-state index is 11.4. The summed E-state index contributed by atoms with van der Waals surface area (Å²) in [4.78, 5) is 9.42. The van der Waals surface area contributed by atoms with Crippen molar-refractivity contribution < 1.29 is 88.9 Å². The van der Waals surface area contributed by atoms with Gasteiger partial charge in [0.2, 0.25) is 0 Å². The Morgan fingerprint density at radius 3 is 1.05 bits per heavy atom. The summed E-state index contributed by atoms with van der Waals surface area (Å²) in [5.41, 5.74) is 12.8. The SMILES string of the molecule is CC=[N+](c1ccccn1)c1c(C(C)C)cc(-c2cc(O)cc(-c3cc(C(C)C)c([N+](=CC)c4ccccn4)c(C(C)C)c3)c2C)cc1C(C)C.[Cl-].[Cl-].[Cl-].[Cl-].[Cu].[Cu]. The number of hydrogen-bond acceptors (Lipinski definition) is 3. The zero-order valence-electron chi connectivity index (χ0n) is 33.9. The maximum Gasteiger partial charge on any atom is 0.327 e. The smallest absolute Gasteiger partial charge is 0.327 e. The number of benzene rings is 3. The zero-order chi connectivity index (χ0) is 36.3. The van der Waals surface area contributed by atoms with Gasteiger partial charge < -0.3 is 54.7 Å². The topological polar surface area (TPSA) is 52.0 Å². The Balaban J connectivity index is 0. The Bertz CT molecular complexity index is 1870. The van der Waals surface area contributed by atoms with Gasteiger partial charge in [-0.15, -0.1) is 0 Å². The van der Waals surface area contributed by atoms with Gasteiger partial charge in [0.15, 0.2) is 0 Å². The van der Waals surface area contributed by atoms with Gasteiger partial charge in [0.05, 0.1) is 12.4 Å². The second-order valence-electron chi connectivity index (χ2n) is 14.4. The van der Waals surface area contributed by atoms with E-state index in [9.17, 15) is 5.11 Å². The summed E-state index contributed by atoms with van der Waals surface area (Å²) in [6.45, 7) is 24.4. The number of aromatic nitrogens is 2. The fourth-order valence-electron chi connectivity index (χ4n) is 7.03. The predicted octanol–water partition coefficient (Wildman–Crippen LogP) is 0.180. The van der Waals surface area contributed by atoms with Crippen LogP contribution >= 0.6 is 0 Å². The molecule has 2 aromatic heterocycles. The van der Waals surface area contributed by atoms with E-state index < -0.39 is 0 Å². The molecule has 5 aromatic rings. The summed E-state index contributed by atoms with van der Waals surface area (Å²) in [6.07, 6.45) is 7.92. The molecule has 56 heavy (non-hydrogen) atoms. The van der Waals surface area contributed by atoms with Crippen molar-refractivity contribution in [3.05, 3.63) is 113 Å². The Kier molecular flexibility index (Phi) is 24.0. The number of hydrogen-bond donors (Lipinski definition) is 1. The molecule has 2 radical (unpaired) electrons. The van der Waals surface area contributed by atoms with Gasteiger partial charge in [-0.3, -0.25) is 0 Å². The summed E-state index contributed by atoms with van der Waals surface area (Å²) >= 11 is 0. The minimum absolute atomic E-state index is 0. The average molecular weight is 936 g/mol. The van der Waals surface area contributed by atoms with Gasteiger partial charge in [-0.05, 0) is 131 Å². The predicted molar refractivity (Wildman–Crippen MR) is 215 cm³/mol. The Morgan fingerprint density at radius 1 is 0.518 bits per heavy atom. The Morgan fingerprint density at radius 2 is 0.821 bits per heavy atom. The zero-order valence-corrected chi connectivity index (χ0v) is 38.8. The first-order valence-electron chi connectivity index (χ1n) is 18.1. The molecule has 0 spiro atoms. The first-order valence-corrected chi connectivity index (χ1v) is 18.1. The summed E-state index contributed by atoms with van der Waals surface area (Å²) < 4.78 is 4.44. The summed E-state index contributed by atoms with van der Waals surface area (Å²) in [7, 11) is 0. The minimum atomic E-state index is 0. The molecule has 0 aliphatic heterocycles. The third kappa shape index (κ3) is 11.7. The quantitative estimate of drug-likeness (QED) is 0.124. The van der Waals surface area contributed by atoms with E-state index >= 15 is 0 Å². The summed E-state index contributed by atoms with van der Waals surface area (Å²) in [5.74, 6) is 3.11. The van der Waals surface area contributed by atoms with E-state index in [1.54, 1.807) is 0 Å². The van der Waals surface area contributed by atoms with Crippen LogP contribution in [0.25, 0.3) is 22.3 Å². The largest absolute Gasteiger partial charge is 1.00 e. The molecule has 1 N–H and O–H groups in total. The van der Waals surface area contributed by atoms with E-state index in [1.165, 1.54) is 33.6 Å². The molecule has 5 nitrogen and oxygen atoms in total. The van der Waals surface area contributed by atoms with Crippen LogP contribution in [0.1, 0.15) is 121 Å². The van der Waals surface area contributed by atoms with Gasteiger partial charge in [0.25, 0.3) is 0 Å². The molecular formula is C45H54Cl4Cu2N4O-2. The number of phenolic OH excluding ortho intramolecular Hbond substituents is 1. The van der Waals surface area contributed by atoms with E-state index in [1.807, 2.05) is 48.8 Å². The molecule has 0 aliphatic carbocycles. The summed E-state index contributed by atoms with van der Waals surface area (Å²) in [5, 5.41) is 11.4. The Hall–Kier alpha value is -2.70. The van der Waals surface area contributed by atoms with Crippen LogP contribution in [0.3, 0.4) is 0 Å². The van der Waals surface area contributed by atoms with Crippen molar-refractivity contribution in [3.8, 4) is 28.0 Å². The molecular weight excluding hydrogens is 881 g/mol. The fraction of sp³-hybridized carbons (Fsp3) is 0.333. The molecule has 0 saturated heterocycles. The van der Waals surface area contributed by atoms with Crippen molar-refractivity contribution in [2.75, 3.05) is 0 Å². The van der Waals surface area contributed by atoms with Gasteiger partial charge in [0, 0.05) is 68.5 Å². The number of halogens is 4. The minimum Gasteiger partial charge on any atom is -1.00 e. The van der Waals surface area contributed by atoms with Crippen molar-refractivity contribution >= 4 is 35.4 Å². The van der Waals surface area contributed by atoms with E-state index in [0.717, 1.165) is 39.5 Å². The van der Waals surface area contributed by atoms with Crippen LogP contribution in [-0.4, -0.2) is 27.5 Å². The van der Waals surface area contributed by atoms with E-state index in [-0.39, 0.29) is 113 Å².